The smallest absolute Gasteiger partial charge is 0.326 e. The first-order chi connectivity index (χ1) is 12.3. The van der Waals surface area contributed by atoms with E-state index in [1.54, 1.807) is 0 Å². The number of hydrogen-bond donors (Lipinski definition) is 5. The molecule has 1 saturated heterocycles. The second-order valence-electron chi connectivity index (χ2n) is 6.49. The Hall–Kier alpha value is -2.20. The van der Waals surface area contributed by atoms with Crippen LogP contribution < -0.4 is 22.5 Å². The van der Waals surface area contributed by atoms with Gasteiger partial charge in [-0.25, -0.2) is 4.79 Å². The fourth-order valence-corrected chi connectivity index (χ4v) is 2.95. The quantitative estimate of drug-likeness (QED) is 0.267. The highest BCUT2D eigenvalue weighted by Gasteiger charge is 2.37. The van der Waals surface area contributed by atoms with Crippen LogP contribution in [-0.2, 0) is 19.2 Å². The molecule has 0 aliphatic carbocycles. The van der Waals surface area contributed by atoms with Gasteiger partial charge in [0.2, 0.25) is 17.7 Å². The lowest BCUT2D eigenvalue weighted by Crippen LogP contribution is -2.54. The Morgan fingerprint density at radius 2 is 1.88 bits per heavy atom. The predicted octanol–water partition coefficient (Wildman–Crippen LogP) is -1.73. The largest absolute Gasteiger partial charge is 0.480 e. The molecular weight excluding hydrogens is 342 g/mol. The highest BCUT2D eigenvalue weighted by molar-refractivity contribution is 5.92. The van der Waals surface area contributed by atoms with Crippen LogP contribution in [0.3, 0.4) is 0 Å². The molecule has 0 aromatic heterocycles. The molecule has 0 spiro atoms. The Kier molecular flexibility index (Phi) is 9.00. The summed E-state index contributed by atoms with van der Waals surface area (Å²) in [6, 6.07) is -2.76. The molecule has 0 bridgehead atoms. The van der Waals surface area contributed by atoms with E-state index in [0.29, 0.717) is 38.8 Å². The molecule has 26 heavy (non-hydrogen) atoms. The van der Waals surface area contributed by atoms with Crippen molar-refractivity contribution in [2.45, 2.75) is 63.1 Å². The van der Waals surface area contributed by atoms with Gasteiger partial charge in [0.1, 0.15) is 12.1 Å². The van der Waals surface area contributed by atoms with Crippen LogP contribution in [0.1, 0.15) is 44.9 Å². The Morgan fingerprint density at radius 3 is 2.46 bits per heavy atom. The molecule has 1 fully saturated rings. The third kappa shape index (κ3) is 6.60. The number of rotatable bonds is 11. The summed E-state index contributed by atoms with van der Waals surface area (Å²) in [6.45, 7) is 0.793. The average Bonchev–Trinajstić information content (AvgIpc) is 3.07. The lowest BCUT2D eigenvalue weighted by atomic mass is 10.1. The number of amides is 3. The maximum atomic E-state index is 12.7. The fraction of sp³-hybridized carbons (Fsp3) is 0.750. The SMILES string of the molecule is NCCCC[C@H](N)C(=O)N[C@@H](CCC(N)=O)C(=O)N1CCC[C@@H]1C(=O)O. The average molecular weight is 371 g/mol. The minimum absolute atomic E-state index is 0.00172. The molecule has 1 aliphatic heterocycles. The molecule has 1 aliphatic rings. The lowest BCUT2D eigenvalue weighted by molar-refractivity contribution is -0.149. The van der Waals surface area contributed by atoms with Crippen molar-refractivity contribution in [2.24, 2.45) is 17.2 Å². The monoisotopic (exact) mass is 371 g/mol. The van der Waals surface area contributed by atoms with Gasteiger partial charge in [-0.2, -0.15) is 0 Å². The van der Waals surface area contributed by atoms with Gasteiger partial charge >= 0.3 is 5.97 Å². The summed E-state index contributed by atoms with van der Waals surface area (Å²) in [4.78, 5) is 48.6. The summed E-state index contributed by atoms with van der Waals surface area (Å²) in [7, 11) is 0. The van der Waals surface area contributed by atoms with E-state index >= 15 is 0 Å². The molecule has 0 aromatic carbocycles. The van der Waals surface area contributed by atoms with E-state index in [4.69, 9.17) is 17.2 Å². The van der Waals surface area contributed by atoms with Crippen molar-refractivity contribution in [3.63, 3.8) is 0 Å². The van der Waals surface area contributed by atoms with Crippen LogP contribution in [0.15, 0.2) is 0 Å². The summed E-state index contributed by atoms with van der Waals surface area (Å²) in [5.74, 6) is -2.75. The van der Waals surface area contributed by atoms with E-state index in [0.717, 1.165) is 6.42 Å². The highest BCUT2D eigenvalue weighted by Crippen LogP contribution is 2.19. The molecule has 3 amide bonds. The third-order valence-corrected chi connectivity index (χ3v) is 4.42. The van der Waals surface area contributed by atoms with Crippen molar-refractivity contribution >= 4 is 23.7 Å². The first kappa shape index (κ1) is 21.8. The van der Waals surface area contributed by atoms with Gasteiger partial charge in [0, 0.05) is 13.0 Å². The van der Waals surface area contributed by atoms with E-state index in [9.17, 15) is 24.3 Å². The number of carbonyl (C=O) groups excluding carboxylic acids is 3. The van der Waals surface area contributed by atoms with Crippen LogP contribution in [0.5, 0.6) is 0 Å². The zero-order valence-electron chi connectivity index (χ0n) is 14.9. The summed E-state index contributed by atoms with van der Waals surface area (Å²) in [5, 5.41) is 11.8. The molecule has 0 radical (unpaired) electrons. The number of nitrogens with one attached hydrogen (secondary N) is 1. The van der Waals surface area contributed by atoms with Crippen molar-refractivity contribution < 1.29 is 24.3 Å². The molecule has 10 nitrogen and oxygen atoms in total. The lowest BCUT2D eigenvalue weighted by Gasteiger charge is -2.28. The van der Waals surface area contributed by atoms with Crippen LogP contribution >= 0.6 is 0 Å². The maximum absolute atomic E-state index is 12.7. The first-order valence-electron chi connectivity index (χ1n) is 8.85. The van der Waals surface area contributed by atoms with E-state index in [1.165, 1.54) is 4.90 Å². The first-order valence-corrected chi connectivity index (χ1v) is 8.85. The Balaban J connectivity index is 2.77. The van der Waals surface area contributed by atoms with Gasteiger partial charge < -0.3 is 32.5 Å². The van der Waals surface area contributed by atoms with Crippen LogP contribution in [0, 0.1) is 0 Å². The van der Waals surface area contributed by atoms with Crippen LogP contribution in [0.2, 0.25) is 0 Å². The minimum atomic E-state index is -1.09. The van der Waals surface area contributed by atoms with Gasteiger partial charge in [-0.05, 0) is 38.6 Å². The Labute approximate surface area is 152 Å². The molecule has 0 unspecified atom stereocenters. The van der Waals surface area contributed by atoms with E-state index in [2.05, 4.69) is 5.32 Å². The zero-order valence-corrected chi connectivity index (χ0v) is 14.9. The second-order valence-corrected chi connectivity index (χ2v) is 6.49. The van der Waals surface area contributed by atoms with E-state index in [-0.39, 0.29) is 12.8 Å². The van der Waals surface area contributed by atoms with Gasteiger partial charge in [-0.15, -0.1) is 0 Å². The number of hydrogen-bond acceptors (Lipinski definition) is 6. The number of nitrogens with two attached hydrogens (primary N) is 3. The van der Waals surface area contributed by atoms with Crippen LogP contribution in [0.4, 0.5) is 0 Å². The molecule has 10 heteroatoms. The Bertz CT molecular complexity index is 527. The number of carbonyl (C=O) groups is 4. The number of primary amides is 1. The van der Waals surface area contributed by atoms with Gasteiger partial charge in [0.05, 0.1) is 6.04 Å². The third-order valence-electron chi connectivity index (χ3n) is 4.42. The van der Waals surface area contributed by atoms with Gasteiger partial charge in [0.25, 0.3) is 0 Å². The topological polar surface area (TPSA) is 182 Å². The van der Waals surface area contributed by atoms with Crippen LogP contribution in [-0.4, -0.2) is 64.9 Å². The molecule has 0 saturated carbocycles. The number of nitrogens with zero attached hydrogens (tertiary/aromatic N) is 1. The molecule has 0 aromatic rings. The fourth-order valence-electron chi connectivity index (χ4n) is 2.95. The van der Waals surface area contributed by atoms with Crippen LogP contribution in [0.25, 0.3) is 0 Å². The van der Waals surface area contributed by atoms with Crippen molar-refractivity contribution in [2.75, 3.05) is 13.1 Å². The summed E-state index contributed by atoms with van der Waals surface area (Å²) < 4.78 is 0. The highest BCUT2D eigenvalue weighted by atomic mass is 16.4. The zero-order chi connectivity index (χ0) is 19.7. The molecule has 1 heterocycles. The van der Waals surface area contributed by atoms with E-state index < -0.39 is 41.8 Å². The maximum Gasteiger partial charge on any atom is 0.326 e. The predicted molar refractivity (Wildman–Crippen MR) is 93.6 cm³/mol. The summed E-state index contributed by atoms with van der Waals surface area (Å²) >= 11 is 0. The summed E-state index contributed by atoms with van der Waals surface area (Å²) in [5.41, 5.74) is 16.4. The summed E-state index contributed by atoms with van der Waals surface area (Å²) in [6.07, 6.45) is 2.65. The number of aliphatic carboxylic acids is 1. The van der Waals surface area contributed by atoms with Crippen molar-refractivity contribution in [1.29, 1.82) is 0 Å². The second kappa shape index (κ2) is 10.7. The number of carboxylic acids is 1. The number of carboxylic acid groups (broad SMARTS) is 1. The van der Waals surface area contributed by atoms with Crippen molar-refractivity contribution in [3.8, 4) is 0 Å². The number of likely N-dealkylation sites (tertiary alicyclic amines) is 1. The van der Waals surface area contributed by atoms with E-state index in [1.807, 2.05) is 0 Å². The van der Waals surface area contributed by atoms with Gasteiger partial charge in [0.15, 0.2) is 0 Å². The van der Waals surface area contributed by atoms with Gasteiger partial charge in [-0.3, -0.25) is 14.4 Å². The number of unbranched alkanes of at least 4 members (excludes halogenated alkanes) is 1. The van der Waals surface area contributed by atoms with Crippen molar-refractivity contribution in [1.82, 2.24) is 10.2 Å². The standard InChI is InChI=1S/C16H29N5O5/c17-8-2-1-4-10(18)14(23)20-11(6-7-13(19)22)15(24)21-9-3-5-12(21)16(25)26/h10-12H,1-9,17-18H2,(H2,19,22)(H,20,23)(H,25,26)/t10-,11-,12+/m0/s1. The molecule has 1 rings (SSSR count). The minimum Gasteiger partial charge on any atom is -0.480 e. The Morgan fingerprint density at radius 1 is 1.19 bits per heavy atom. The molecule has 8 N–H and O–H groups in total. The van der Waals surface area contributed by atoms with Gasteiger partial charge in [-0.1, -0.05) is 6.42 Å². The molecule has 148 valence electrons. The normalized spacial score (nSPS) is 19.0. The molecular formula is C16H29N5O5. The van der Waals surface area contributed by atoms with Crippen molar-refractivity contribution in [3.05, 3.63) is 0 Å². The molecule has 3 atom stereocenters.